The minimum absolute atomic E-state index is 0.0812. The van der Waals surface area contributed by atoms with Gasteiger partial charge in [-0.15, -0.1) is 0 Å². The number of nitrogens with two attached hydrogens (primary N) is 1. The van der Waals surface area contributed by atoms with Gasteiger partial charge in [-0.1, -0.05) is 12.1 Å². The lowest BCUT2D eigenvalue weighted by molar-refractivity contribution is -0.138. The van der Waals surface area contributed by atoms with E-state index >= 15 is 0 Å². The summed E-state index contributed by atoms with van der Waals surface area (Å²) in [7, 11) is 0. The zero-order valence-electron chi connectivity index (χ0n) is 7.31. The van der Waals surface area contributed by atoms with Crippen LogP contribution in [0.4, 0.5) is 4.53 Å². The van der Waals surface area contributed by atoms with Crippen molar-refractivity contribution in [1.29, 1.82) is 0 Å². The van der Waals surface area contributed by atoms with Gasteiger partial charge in [0.1, 0.15) is 6.04 Å². The van der Waals surface area contributed by atoms with Crippen LogP contribution in [0.2, 0.25) is 0 Å². The molecule has 0 heterocycles. The molecule has 0 saturated carbocycles. The van der Waals surface area contributed by atoms with Gasteiger partial charge in [-0.25, -0.2) is 0 Å². The quantitative estimate of drug-likeness (QED) is 0.755. The molecule has 0 bridgehead atoms. The number of halogens is 1. The molecule has 3 N–H and O–H groups in total. The van der Waals surface area contributed by atoms with E-state index in [2.05, 4.69) is 4.94 Å². The highest BCUT2D eigenvalue weighted by Crippen LogP contribution is 2.13. The van der Waals surface area contributed by atoms with Crippen molar-refractivity contribution >= 4 is 5.97 Å². The number of carboxylic acid groups (broad SMARTS) is 1. The van der Waals surface area contributed by atoms with Crippen LogP contribution in [0.15, 0.2) is 24.3 Å². The smallest absolute Gasteiger partial charge is 0.320 e. The molecular weight excluding hydrogens is 189 g/mol. The van der Waals surface area contributed by atoms with Gasteiger partial charge in [-0.05, 0) is 24.1 Å². The first kappa shape index (κ1) is 10.5. The molecule has 1 aromatic rings. The van der Waals surface area contributed by atoms with E-state index in [9.17, 15) is 9.32 Å². The van der Waals surface area contributed by atoms with E-state index in [4.69, 9.17) is 10.8 Å². The lowest BCUT2D eigenvalue weighted by Crippen LogP contribution is -2.32. The first-order valence-corrected chi connectivity index (χ1v) is 3.99. The molecule has 1 aromatic carbocycles. The molecule has 0 radical (unpaired) electrons. The maximum Gasteiger partial charge on any atom is 0.320 e. The third-order valence-electron chi connectivity index (χ3n) is 1.79. The fourth-order valence-electron chi connectivity index (χ4n) is 1.02. The molecule has 0 aromatic heterocycles. The second kappa shape index (κ2) is 4.57. The van der Waals surface area contributed by atoms with Crippen LogP contribution >= 0.6 is 0 Å². The second-order valence-electron chi connectivity index (χ2n) is 2.87. The Labute approximate surface area is 80.0 Å². The molecule has 4 nitrogen and oxygen atoms in total. The van der Waals surface area contributed by atoms with Gasteiger partial charge in [-0.2, -0.15) is 0 Å². The number of carboxylic acids is 1. The zero-order chi connectivity index (χ0) is 10.6. The molecule has 5 heteroatoms. The summed E-state index contributed by atoms with van der Waals surface area (Å²) in [6.07, 6.45) is 0.210. The van der Waals surface area contributed by atoms with E-state index in [0.29, 0.717) is 0 Å². The second-order valence-corrected chi connectivity index (χ2v) is 2.87. The predicted octanol–water partition coefficient (Wildman–Crippen LogP) is 0.904. The molecule has 76 valence electrons. The van der Waals surface area contributed by atoms with Crippen molar-refractivity contribution in [3.8, 4) is 5.75 Å². The summed E-state index contributed by atoms with van der Waals surface area (Å²) in [4.78, 5) is 13.9. The standard InChI is InChI=1S/C9H10FNO3/c10-14-7-3-1-6(2-4-7)5-8(11)9(12)13/h1-4,8H,5,11H2,(H,12,13). The zero-order valence-corrected chi connectivity index (χ0v) is 7.31. The van der Waals surface area contributed by atoms with E-state index < -0.39 is 12.0 Å². The summed E-state index contributed by atoms with van der Waals surface area (Å²) in [6, 6.07) is 5.01. The highest BCUT2D eigenvalue weighted by Gasteiger charge is 2.11. The van der Waals surface area contributed by atoms with Gasteiger partial charge in [0.15, 0.2) is 5.75 Å². The Kier molecular flexibility index (Phi) is 3.41. The van der Waals surface area contributed by atoms with Crippen molar-refractivity contribution < 1.29 is 19.4 Å². The minimum atomic E-state index is -1.06. The molecule has 0 aliphatic heterocycles. The largest absolute Gasteiger partial charge is 0.480 e. The van der Waals surface area contributed by atoms with Crippen molar-refractivity contribution in [2.75, 3.05) is 0 Å². The van der Waals surface area contributed by atoms with Crippen LogP contribution in [0.25, 0.3) is 0 Å². The number of benzene rings is 1. The van der Waals surface area contributed by atoms with Crippen molar-refractivity contribution in [2.24, 2.45) is 5.73 Å². The predicted molar refractivity (Wildman–Crippen MR) is 47.5 cm³/mol. The third kappa shape index (κ3) is 2.70. The molecule has 1 unspecified atom stereocenters. The van der Waals surface area contributed by atoms with Crippen molar-refractivity contribution in [2.45, 2.75) is 12.5 Å². The molecular formula is C9H10FNO3. The summed E-state index contributed by atoms with van der Waals surface area (Å²) in [6.45, 7) is 0. The van der Waals surface area contributed by atoms with Gasteiger partial charge in [0.2, 0.25) is 0 Å². The number of hydrogen-bond donors (Lipinski definition) is 2. The van der Waals surface area contributed by atoms with E-state index in [1.807, 2.05) is 0 Å². The van der Waals surface area contributed by atoms with Crippen LogP contribution in [-0.4, -0.2) is 17.1 Å². The van der Waals surface area contributed by atoms with E-state index in [1.54, 1.807) is 12.1 Å². The SMILES string of the molecule is NC(Cc1ccc(OF)cc1)C(=O)O. The molecule has 14 heavy (non-hydrogen) atoms. The fourth-order valence-corrected chi connectivity index (χ4v) is 1.02. The Morgan fingerprint density at radius 3 is 2.50 bits per heavy atom. The third-order valence-corrected chi connectivity index (χ3v) is 1.79. The van der Waals surface area contributed by atoms with Crippen LogP contribution in [0.3, 0.4) is 0 Å². The number of carbonyl (C=O) groups is 1. The van der Waals surface area contributed by atoms with Gasteiger partial charge in [0.25, 0.3) is 0 Å². The van der Waals surface area contributed by atoms with Gasteiger partial charge in [0.05, 0.1) is 0 Å². The monoisotopic (exact) mass is 199 g/mol. The molecule has 0 fully saturated rings. The molecule has 1 atom stereocenters. The fraction of sp³-hybridized carbons (Fsp3) is 0.222. The summed E-state index contributed by atoms with van der Waals surface area (Å²) in [5, 5.41) is 8.53. The van der Waals surface area contributed by atoms with Crippen LogP contribution in [0.5, 0.6) is 5.75 Å². The Bertz CT molecular complexity index is 312. The Hall–Kier alpha value is -1.62. The molecule has 0 amide bonds. The Balaban J connectivity index is 2.64. The summed E-state index contributed by atoms with van der Waals surface area (Å²) >= 11 is 0. The van der Waals surface area contributed by atoms with Crippen LogP contribution in [0, 0.1) is 0 Å². The molecule has 0 aliphatic rings. The molecule has 1 rings (SSSR count). The molecule has 0 spiro atoms. The first-order chi connectivity index (χ1) is 6.63. The maximum absolute atomic E-state index is 11.6. The van der Waals surface area contributed by atoms with Gasteiger partial charge >= 0.3 is 5.97 Å². The Morgan fingerprint density at radius 1 is 1.50 bits per heavy atom. The van der Waals surface area contributed by atoms with E-state index in [-0.39, 0.29) is 12.2 Å². The summed E-state index contributed by atoms with van der Waals surface area (Å²) in [5.41, 5.74) is 6.04. The van der Waals surface area contributed by atoms with Gasteiger partial charge < -0.3 is 10.8 Å². The minimum Gasteiger partial charge on any atom is -0.480 e. The van der Waals surface area contributed by atoms with Crippen LogP contribution in [0.1, 0.15) is 5.56 Å². The normalized spacial score (nSPS) is 12.1. The first-order valence-electron chi connectivity index (χ1n) is 3.99. The van der Waals surface area contributed by atoms with Gasteiger partial charge in [0, 0.05) is 4.53 Å². The van der Waals surface area contributed by atoms with Crippen molar-refractivity contribution in [3.63, 3.8) is 0 Å². The highest BCUT2D eigenvalue weighted by molar-refractivity contribution is 5.73. The highest BCUT2D eigenvalue weighted by atomic mass is 19.3. The number of aliphatic carboxylic acids is 1. The van der Waals surface area contributed by atoms with E-state index in [0.717, 1.165) is 5.56 Å². The summed E-state index contributed by atoms with van der Waals surface area (Å²) in [5.74, 6) is -0.978. The van der Waals surface area contributed by atoms with Gasteiger partial charge in [-0.3, -0.25) is 9.74 Å². The average molecular weight is 199 g/mol. The van der Waals surface area contributed by atoms with E-state index in [1.165, 1.54) is 12.1 Å². The summed E-state index contributed by atoms with van der Waals surface area (Å²) < 4.78 is 11.6. The van der Waals surface area contributed by atoms with Crippen molar-refractivity contribution in [1.82, 2.24) is 0 Å². The van der Waals surface area contributed by atoms with Crippen LogP contribution < -0.4 is 10.7 Å². The maximum atomic E-state index is 11.6. The lowest BCUT2D eigenvalue weighted by atomic mass is 10.1. The number of hydrogen-bond acceptors (Lipinski definition) is 3. The number of rotatable bonds is 4. The Morgan fingerprint density at radius 2 is 2.07 bits per heavy atom. The average Bonchev–Trinajstić information content (AvgIpc) is 2.19. The molecule has 0 aliphatic carbocycles. The van der Waals surface area contributed by atoms with Crippen LogP contribution in [-0.2, 0) is 11.2 Å². The molecule has 0 saturated heterocycles. The lowest BCUT2D eigenvalue weighted by Gasteiger charge is -2.05. The van der Waals surface area contributed by atoms with Crippen molar-refractivity contribution in [3.05, 3.63) is 29.8 Å². The topological polar surface area (TPSA) is 72.5 Å².